The van der Waals surface area contributed by atoms with Gasteiger partial charge in [0.1, 0.15) is 0 Å². The van der Waals surface area contributed by atoms with E-state index in [2.05, 4.69) is 26.1 Å². The van der Waals surface area contributed by atoms with E-state index >= 15 is 0 Å². The standard InChI is InChI=1S/C21H25NO3/c1-14-5-7-15(8-6-14)18(23)13-22-20(25)19(24)16-9-11-17(12-10-16)21(2,3)4/h5-12,18,23H,13H2,1-4H3,(H,22,25). The van der Waals surface area contributed by atoms with Gasteiger partial charge in [-0.1, -0.05) is 74.9 Å². The Hall–Kier alpha value is -2.46. The number of carbonyl (C=O) groups excluding carboxylic acids is 2. The number of rotatable bonds is 5. The Morgan fingerprint density at radius 1 is 1.00 bits per heavy atom. The Kier molecular flexibility index (Phi) is 5.75. The molecule has 2 aromatic carbocycles. The fourth-order valence-electron chi connectivity index (χ4n) is 2.43. The van der Waals surface area contributed by atoms with Gasteiger partial charge in [0.2, 0.25) is 5.78 Å². The smallest absolute Gasteiger partial charge is 0.292 e. The van der Waals surface area contributed by atoms with E-state index in [0.717, 1.165) is 11.1 Å². The highest BCUT2D eigenvalue weighted by Gasteiger charge is 2.19. The molecule has 0 heterocycles. The van der Waals surface area contributed by atoms with Crippen LogP contribution in [0.4, 0.5) is 0 Å². The monoisotopic (exact) mass is 339 g/mol. The van der Waals surface area contributed by atoms with Crippen LogP contribution >= 0.6 is 0 Å². The summed E-state index contributed by atoms with van der Waals surface area (Å²) >= 11 is 0. The summed E-state index contributed by atoms with van der Waals surface area (Å²) in [6.07, 6.45) is -0.847. The van der Waals surface area contributed by atoms with Crippen LogP contribution in [0.2, 0.25) is 0 Å². The van der Waals surface area contributed by atoms with E-state index in [0.29, 0.717) is 11.1 Å². The number of aliphatic hydroxyl groups excluding tert-OH is 1. The zero-order chi connectivity index (χ0) is 18.6. The number of aliphatic hydroxyl groups is 1. The minimum atomic E-state index is -0.847. The van der Waals surface area contributed by atoms with E-state index in [4.69, 9.17) is 0 Å². The van der Waals surface area contributed by atoms with Crippen LogP contribution in [0.25, 0.3) is 0 Å². The number of ketones is 1. The van der Waals surface area contributed by atoms with E-state index in [1.54, 1.807) is 24.3 Å². The van der Waals surface area contributed by atoms with Gasteiger partial charge in [-0.15, -0.1) is 0 Å². The second kappa shape index (κ2) is 7.62. The van der Waals surface area contributed by atoms with Crippen molar-refractivity contribution in [3.63, 3.8) is 0 Å². The number of benzene rings is 2. The normalized spacial score (nSPS) is 12.5. The van der Waals surface area contributed by atoms with E-state index in [9.17, 15) is 14.7 Å². The van der Waals surface area contributed by atoms with Gasteiger partial charge in [0, 0.05) is 12.1 Å². The van der Waals surface area contributed by atoms with Gasteiger partial charge in [0.25, 0.3) is 5.91 Å². The Morgan fingerprint density at radius 2 is 1.56 bits per heavy atom. The van der Waals surface area contributed by atoms with E-state index in [1.165, 1.54) is 0 Å². The molecule has 25 heavy (non-hydrogen) atoms. The molecule has 4 nitrogen and oxygen atoms in total. The molecule has 0 aliphatic carbocycles. The number of aryl methyl sites for hydroxylation is 1. The van der Waals surface area contributed by atoms with Crippen molar-refractivity contribution >= 4 is 11.7 Å². The van der Waals surface area contributed by atoms with Crippen molar-refractivity contribution < 1.29 is 14.7 Å². The molecule has 0 fully saturated rings. The third kappa shape index (κ3) is 5.00. The molecule has 0 radical (unpaired) electrons. The lowest BCUT2D eigenvalue weighted by Gasteiger charge is -2.19. The van der Waals surface area contributed by atoms with Gasteiger partial charge < -0.3 is 10.4 Å². The van der Waals surface area contributed by atoms with E-state index in [1.807, 2.05) is 31.2 Å². The lowest BCUT2D eigenvalue weighted by Crippen LogP contribution is -2.34. The summed E-state index contributed by atoms with van der Waals surface area (Å²) in [6.45, 7) is 8.21. The van der Waals surface area contributed by atoms with Crippen molar-refractivity contribution in [1.82, 2.24) is 5.32 Å². The molecule has 0 bridgehead atoms. The van der Waals surface area contributed by atoms with Gasteiger partial charge in [-0.25, -0.2) is 0 Å². The van der Waals surface area contributed by atoms with Crippen LogP contribution in [-0.2, 0) is 10.2 Å². The van der Waals surface area contributed by atoms with Gasteiger partial charge in [0.15, 0.2) is 0 Å². The molecule has 0 aromatic heterocycles. The van der Waals surface area contributed by atoms with Gasteiger partial charge in [-0.2, -0.15) is 0 Å². The fourth-order valence-corrected chi connectivity index (χ4v) is 2.43. The van der Waals surface area contributed by atoms with Gasteiger partial charge in [-0.3, -0.25) is 9.59 Å². The average Bonchev–Trinajstić information content (AvgIpc) is 2.58. The van der Waals surface area contributed by atoms with Crippen molar-refractivity contribution in [3.05, 3.63) is 70.8 Å². The summed E-state index contributed by atoms with van der Waals surface area (Å²) in [5.41, 5.74) is 3.22. The SMILES string of the molecule is Cc1ccc(C(O)CNC(=O)C(=O)c2ccc(C(C)(C)C)cc2)cc1. The summed E-state index contributed by atoms with van der Waals surface area (Å²) in [5.74, 6) is -1.31. The predicted molar refractivity (Wildman–Crippen MR) is 98.6 cm³/mol. The first-order valence-electron chi connectivity index (χ1n) is 8.36. The lowest BCUT2D eigenvalue weighted by molar-refractivity contribution is -0.117. The second-order valence-corrected chi connectivity index (χ2v) is 7.29. The Balaban J connectivity index is 1.96. The number of hydrogen-bond donors (Lipinski definition) is 2. The molecule has 1 atom stereocenters. The summed E-state index contributed by atoms with van der Waals surface area (Å²) < 4.78 is 0. The topological polar surface area (TPSA) is 66.4 Å². The third-order valence-corrected chi connectivity index (χ3v) is 4.14. The van der Waals surface area contributed by atoms with Crippen molar-refractivity contribution in [3.8, 4) is 0 Å². The van der Waals surface area contributed by atoms with Crippen LogP contribution in [-0.4, -0.2) is 23.3 Å². The van der Waals surface area contributed by atoms with Crippen LogP contribution in [0.5, 0.6) is 0 Å². The molecule has 0 aliphatic heterocycles. The van der Waals surface area contributed by atoms with Crippen LogP contribution in [0.15, 0.2) is 48.5 Å². The van der Waals surface area contributed by atoms with E-state index in [-0.39, 0.29) is 12.0 Å². The Labute approximate surface area is 148 Å². The minimum absolute atomic E-state index is 0.00624. The zero-order valence-electron chi connectivity index (χ0n) is 15.2. The maximum atomic E-state index is 12.2. The van der Waals surface area contributed by atoms with Crippen molar-refractivity contribution in [2.24, 2.45) is 0 Å². The molecule has 132 valence electrons. The zero-order valence-corrected chi connectivity index (χ0v) is 15.2. The third-order valence-electron chi connectivity index (χ3n) is 4.14. The van der Waals surface area contributed by atoms with Gasteiger partial charge >= 0.3 is 0 Å². The number of nitrogens with one attached hydrogen (secondary N) is 1. The number of Topliss-reactive ketones (excluding diaryl/α,β-unsaturated/α-hetero) is 1. The quantitative estimate of drug-likeness (QED) is 0.649. The van der Waals surface area contributed by atoms with Crippen molar-refractivity contribution in [2.75, 3.05) is 6.54 Å². The summed E-state index contributed by atoms with van der Waals surface area (Å²) in [4.78, 5) is 24.2. The molecule has 2 rings (SSSR count). The average molecular weight is 339 g/mol. The summed E-state index contributed by atoms with van der Waals surface area (Å²) in [5, 5.41) is 12.6. The minimum Gasteiger partial charge on any atom is -0.387 e. The number of amides is 1. The summed E-state index contributed by atoms with van der Waals surface area (Å²) in [6, 6.07) is 14.4. The number of carbonyl (C=O) groups is 2. The second-order valence-electron chi connectivity index (χ2n) is 7.29. The molecule has 1 amide bonds. The van der Waals surface area contributed by atoms with Crippen LogP contribution in [0.1, 0.15) is 53.9 Å². The first-order valence-corrected chi connectivity index (χ1v) is 8.36. The first-order chi connectivity index (χ1) is 11.7. The first kappa shape index (κ1) is 18.9. The molecule has 0 saturated heterocycles. The largest absolute Gasteiger partial charge is 0.387 e. The molecular weight excluding hydrogens is 314 g/mol. The summed E-state index contributed by atoms with van der Waals surface area (Å²) in [7, 11) is 0. The molecule has 0 aliphatic rings. The highest BCUT2D eigenvalue weighted by molar-refractivity contribution is 6.42. The van der Waals surface area contributed by atoms with Gasteiger partial charge in [0.05, 0.1) is 6.10 Å². The fraction of sp³-hybridized carbons (Fsp3) is 0.333. The molecule has 2 N–H and O–H groups in total. The van der Waals surface area contributed by atoms with Crippen molar-refractivity contribution in [1.29, 1.82) is 0 Å². The molecular formula is C21H25NO3. The van der Waals surface area contributed by atoms with Gasteiger partial charge in [-0.05, 0) is 23.5 Å². The molecule has 2 aromatic rings. The Morgan fingerprint density at radius 3 is 2.08 bits per heavy atom. The van der Waals surface area contributed by atoms with E-state index < -0.39 is 17.8 Å². The van der Waals surface area contributed by atoms with Crippen molar-refractivity contribution in [2.45, 2.75) is 39.2 Å². The molecule has 0 spiro atoms. The maximum Gasteiger partial charge on any atom is 0.292 e. The van der Waals surface area contributed by atoms with Crippen LogP contribution in [0, 0.1) is 6.92 Å². The maximum absolute atomic E-state index is 12.2. The lowest BCUT2D eigenvalue weighted by atomic mass is 9.86. The highest BCUT2D eigenvalue weighted by atomic mass is 16.3. The molecule has 4 heteroatoms. The van der Waals surface area contributed by atoms with Crippen LogP contribution in [0.3, 0.4) is 0 Å². The molecule has 0 saturated carbocycles. The predicted octanol–water partition coefficient (Wildman–Crippen LogP) is 3.33. The molecule has 1 unspecified atom stereocenters. The van der Waals surface area contributed by atoms with Crippen LogP contribution < -0.4 is 5.32 Å². The Bertz CT molecular complexity index is 740. The highest BCUT2D eigenvalue weighted by Crippen LogP contribution is 2.22. The number of hydrogen-bond acceptors (Lipinski definition) is 3.